The van der Waals surface area contributed by atoms with Gasteiger partial charge in [-0.2, -0.15) is 11.3 Å². The number of carboxylic acid groups (broad SMARTS) is 1. The van der Waals surface area contributed by atoms with Crippen LogP contribution in [0.2, 0.25) is 0 Å². The third-order valence-electron chi connectivity index (χ3n) is 5.80. The molecule has 0 aliphatic heterocycles. The van der Waals surface area contributed by atoms with Crippen LogP contribution in [-0.2, 0) is 24.2 Å². The summed E-state index contributed by atoms with van der Waals surface area (Å²) in [5.41, 5.74) is 3.71. The van der Waals surface area contributed by atoms with Gasteiger partial charge in [0.25, 0.3) is 0 Å². The van der Waals surface area contributed by atoms with Gasteiger partial charge in [-0.05, 0) is 77.9 Å². The normalized spacial score (nSPS) is 13.0. The number of carbonyl (C=O) groups is 1. The quantitative estimate of drug-likeness (QED) is 0.405. The highest BCUT2D eigenvalue weighted by atomic mass is 32.1. The Balaban J connectivity index is 1.81. The van der Waals surface area contributed by atoms with Gasteiger partial charge in [0, 0.05) is 30.4 Å². The Morgan fingerprint density at radius 3 is 2.47 bits per heavy atom. The highest BCUT2D eigenvalue weighted by Crippen LogP contribution is 2.36. The van der Waals surface area contributed by atoms with Crippen molar-refractivity contribution in [1.29, 1.82) is 0 Å². The van der Waals surface area contributed by atoms with E-state index >= 15 is 0 Å². The number of benzene rings is 1. The molecule has 1 unspecified atom stereocenters. The second-order valence-corrected chi connectivity index (χ2v) is 8.85. The number of aromatic nitrogens is 1. The van der Waals surface area contributed by atoms with Crippen LogP contribution < -0.4 is 9.47 Å². The molecule has 0 bridgehead atoms. The summed E-state index contributed by atoms with van der Waals surface area (Å²) in [6.45, 7) is 2.51. The van der Waals surface area contributed by atoms with Crippen molar-refractivity contribution in [2.45, 2.75) is 45.3 Å². The Kier molecular flexibility index (Phi) is 8.36. The highest BCUT2D eigenvalue weighted by Gasteiger charge is 2.24. The molecule has 0 spiro atoms. The molecule has 0 fully saturated rings. The van der Waals surface area contributed by atoms with Crippen molar-refractivity contribution in [3.8, 4) is 11.5 Å². The van der Waals surface area contributed by atoms with Gasteiger partial charge in [0.1, 0.15) is 11.5 Å². The summed E-state index contributed by atoms with van der Waals surface area (Å²) in [5.74, 6) is 0.449. The predicted molar refractivity (Wildman–Crippen MR) is 126 cm³/mol. The number of aliphatic carboxylic acids is 1. The minimum absolute atomic E-state index is 0.00919. The zero-order valence-corrected chi connectivity index (χ0v) is 19.6. The number of aliphatic hydroxyl groups is 1. The summed E-state index contributed by atoms with van der Waals surface area (Å²) in [7, 11) is 3.22. The van der Waals surface area contributed by atoms with Gasteiger partial charge in [-0.25, -0.2) is 0 Å². The SMILES string of the molecule is COc1cc(C(O)[C@H](CCCc2ccsc2)Cn2ccc(CC(=O)O)c2)cc(OC)c1C. The lowest BCUT2D eigenvalue weighted by Gasteiger charge is -2.25. The van der Waals surface area contributed by atoms with Crippen LogP contribution in [0.1, 0.15) is 41.2 Å². The molecular weight excluding hydrogens is 426 g/mol. The first-order chi connectivity index (χ1) is 15.4. The summed E-state index contributed by atoms with van der Waals surface area (Å²) in [5, 5.41) is 24.7. The molecule has 172 valence electrons. The highest BCUT2D eigenvalue weighted by molar-refractivity contribution is 7.07. The molecule has 1 aromatic carbocycles. The van der Waals surface area contributed by atoms with E-state index in [-0.39, 0.29) is 12.3 Å². The van der Waals surface area contributed by atoms with Crippen LogP contribution in [0.15, 0.2) is 47.4 Å². The minimum atomic E-state index is -0.853. The Hall–Kier alpha value is -2.77. The molecule has 3 aromatic rings. The maximum absolute atomic E-state index is 11.4. The van der Waals surface area contributed by atoms with Gasteiger partial charge in [-0.1, -0.05) is 0 Å². The molecule has 2 N–H and O–H groups in total. The third-order valence-corrected chi connectivity index (χ3v) is 6.53. The van der Waals surface area contributed by atoms with E-state index in [9.17, 15) is 9.90 Å². The monoisotopic (exact) mass is 457 g/mol. The van der Waals surface area contributed by atoms with Crippen molar-refractivity contribution in [2.75, 3.05) is 14.2 Å². The van der Waals surface area contributed by atoms with E-state index in [0.717, 1.165) is 36.0 Å². The summed E-state index contributed by atoms with van der Waals surface area (Å²) < 4.78 is 13.0. The van der Waals surface area contributed by atoms with E-state index < -0.39 is 12.1 Å². The van der Waals surface area contributed by atoms with Crippen molar-refractivity contribution in [3.63, 3.8) is 0 Å². The van der Waals surface area contributed by atoms with Gasteiger partial charge in [0.15, 0.2) is 0 Å². The Morgan fingerprint density at radius 1 is 1.16 bits per heavy atom. The Labute approximate surface area is 193 Å². The van der Waals surface area contributed by atoms with Crippen molar-refractivity contribution in [2.24, 2.45) is 5.92 Å². The fourth-order valence-corrected chi connectivity index (χ4v) is 4.76. The zero-order valence-electron chi connectivity index (χ0n) is 18.8. The number of nitrogens with zero attached hydrogens (tertiary/aromatic N) is 1. The average molecular weight is 458 g/mol. The Morgan fingerprint density at radius 2 is 1.88 bits per heavy atom. The molecule has 3 rings (SSSR count). The largest absolute Gasteiger partial charge is 0.496 e. The number of hydrogen-bond donors (Lipinski definition) is 2. The number of aryl methyl sites for hydroxylation is 1. The number of rotatable bonds is 12. The lowest BCUT2D eigenvalue weighted by Crippen LogP contribution is -2.19. The molecule has 2 heterocycles. The molecule has 0 radical (unpaired) electrons. The van der Waals surface area contributed by atoms with Gasteiger partial charge in [-0.3, -0.25) is 4.79 Å². The number of aliphatic hydroxyl groups excluding tert-OH is 1. The standard InChI is InChI=1S/C25H31NO5S/c1-17-22(30-2)12-21(13-23(17)31-3)25(29)20(6-4-5-18-8-10-32-16-18)15-26-9-7-19(14-26)11-24(27)28/h7-10,12-14,16,20,25,29H,4-6,11,15H2,1-3H3,(H,27,28)/t20-,25?/m1/s1. The number of hydrogen-bond acceptors (Lipinski definition) is 5. The molecule has 0 aliphatic rings. The smallest absolute Gasteiger partial charge is 0.307 e. The molecular formula is C25H31NO5S. The van der Waals surface area contributed by atoms with Crippen molar-refractivity contribution >= 4 is 17.3 Å². The topological polar surface area (TPSA) is 80.9 Å². The van der Waals surface area contributed by atoms with Crippen molar-refractivity contribution in [3.05, 3.63) is 69.7 Å². The average Bonchev–Trinajstić information content (AvgIpc) is 3.44. The fraction of sp³-hybridized carbons (Fsp3) is 0.400. The first-order valence-corrected chi connectivity index (χ1v) is 11.6. The summed E-state index contributed by atoms with van der Waals surface area (Å²) in [6, 6.07) is 7.70. The van der Waals surface area contributed by atoms with Gasteiger partial charge in [0.05, 0.1) is 26.7 Å². The lowest BCUT2D eigenvalue weighted by atomic mass is 9.89. The van der Waals surface area contributed by atoms with Gasteiger partial charge < -0.3 is 24.3 Å². The van der Waals surface area contributed by atoms with E-state index in [2.05, 4.69) is 16.8 Å². The summed E-state index contributed by atoms with van der Waals surface area (Å²) in [4.78, 5) is 11.0. The minimum Gasteiger partial charge on any atom is -0.496 e. The molecule has 2 aromatic heterocycles. The fourth-order valence-electron chi connectivity index (χ4n) is 4.06. The predicted octanol–water partition coefficient (Wildman–Crippen LogP) is 4.88. The second-order valence-electron chi connectivity index (χ2n) is 8.07. The van der Waals surface area contributed by atoms with E-state index in [0.29, 0.717) is 18.0 Å². The van der Waals surface area contributed by atoms with E-state index in [4.69, 9.17) is 14.6 Å². The maximum atomic E-state index is 11.4. The van der Waals surface area contributed by atoms with Crippen LogP contribution in [0.25, 0.3) is 0 Å². The summed E-state index contributed by atoms with van der Waals surface area (Å²) >= 11 is 1.69. The van der Waals surface area contributed by atoms with Crippen LogP contribution in [0, 0.1) is 12.8 Å². The molecule has 7 heteroatoms. The second kappa shape index (κ2) is 11.2. The lowest BCUT2D eigenvalue weighted by molar-refractivity contribution is -0.136. The molecule has 0 amide bonds. The Bertz CT molecular complexity index is 986. The number of carboxylic acids is 1. The van der Waals surface area contributed by atoms with Crippen molar-refractivity contribution in [1.82, 2.24) is 4.57 Å². The van der Waals surface area contributed by atoms with Crippen molar-refractivity contribution < 1.29 is 24.5 Å². The molecule has 0 saturated heterocycles. The molecule has 0 saturated carbocycles. The van der Waals surface area contributed by atoms with Crippen LogP contribution in [-0.4, -0.2) is 35.0 Å². The molecule has 6 nitrogen and oxygen atoms in total. The number of methoxy groups -OCH3 is 2. The van der Waals surface area contributed by atoms with Gasteiger partial charge in [0.2, 0.25) is 0 Å². The van der Waals surface area contributed by atoms with E-state index in [1.807, 2.05) is 42.1 Å². The van der Waals surface area contributed by atoms with Crippen LogP contribution >= 0.6 is 11.3 Å². The molecule has 32 heavy (non-hydrogen) atoms. The van der Waals surface area contributed by atoms with Crippen LogP contribution in [0.3, 0.4) is 0 Å². The maximum Gasteiger partial charge on any atom is 0.307 e. The zero-order chi connectivity index (χ0) is 23.1. The van der Waals surface area contributed by atoms with Crippen LogP contribution in [0.4, 0.5) is 0 Å². The molecule has 0 aliphatic carbocycles. The number of thiophene rings is 1. The van der Waals surface area contributed by atoms with Crippen LogP contribution in [0.5, 0.6) is 11.5 Å². The number of ether oxygens (including phenoxy) is 2. The molecule has 2 atom stereocenters. The first kappa shape index (κ1) is 23.9. The van der Waals surface area contributed by atoms with E-state index in [1.54, 1.807) is 25.6 Å². The first-order valence-electron chi connectivity index (χ1n) is 10.7. The third kappa shape index (κ3) is 6.14. The van der Waals surface area contributed by atoms with E-state index in [1.165, 1.54) is 5.56 Å². The van der Waals surface area contributed by atoms with Gasteiger partial charge in [-0.15, -0.1) is 0 Å². The van der Waals surface area contributed by atoms with Gasteiger partial charge >= 0.3 is 5.97 Å². The summed E-state index contributed by atoms with van der Waals surface area (Å²) in [6.07, 6.45) is 5.74.